The van der Waals surface area contributed by atoms with Gasteiger partial charge in [-0.3, -0.25) is 4.90 Å². The number of nitrogens with zero attached hydrogens (tertiary/aromatic N) is 1. The number of hydrogen-bond acceptors (Lipinski definition) is 4. The minimum absolute atomic E-state index is 0.256. The molecule has 0 bridgehead atoms. The molecule has 0 amide bonds. The highest BCUT2D eigenvalue weighted by molar-refractivity contribution is 5.12. The van der Waals surface area contributed by atoms with Crippen molar-refractivity contribution >= 4 is 0 Å². The minimum atomic E-state index is 0.256. The first kappa shape index (κ1) is 11.6. The highest BCUT2D eigenvalue weighted by Crippen LogP contribution is 2.22. The molecule has 0 spiro atoms. The first-order valence-corrected chi connectivity index (χ1v) is 5.87. The summed E-state index contributed by atoms with van der Waals surface area (Å²) in [4.78, 5) is 2.38. The monoisotopic (exact) mass is 223 g/mol. The summed E-state index contributed by atoms with van der Waals surface area (Å²) in [6.07, 6.45) is 0. The first-order valence-electron chi connectivity index (χ1n) is 5.87. The molecule has 1 aliphatic rings. The van der Waals surface area contributed by atoms with Crippen molar-refractivity contribution in [2.45, 2.75) is 19.0 Å². The van der Waals surface area contributed by atoms with E-state index in [-0.39, 0.29) is 6.04 Å². The van der Waals surface area contributed by atoms with Crippen molar-refractivity contribution in [3.8, 4) is 0 Å². The Morgan fingerprint density at radius 2 is 2.38 bits per heavy atom. The quantitative estimate of drug-likeness (QED) is 0.793. The fourth-order valence-corrected chi connectivity index (χ4v) is 2.34. The summed E-state index contributed by atoms with van der Waals surface area (Å²) in [5.41, 5.74) is 0. The van der Waals surface area contributed by atoms with Crippen molar-refractivity contribution in [1.29, 1.82) is 0 Å². The van der Waals surface area contributed by atoms with Gasteiger partial charge >= 0.3 is 0 Å². The summed E-state index contributed by atoms with van der Waals surface area (Å²) < 4.78 is 5.72. The van der Waals surface area contributed by atoms with Gasteiger partial charge in [-0.05, 0) is 33.2 Å². The number of nitrogens with one attached hydrogen (secondary N) is 2. The van der Waals surface area contributed by atoms with Gasteiger partial charge in [0, 0.05) is 25.7 Å². The van der Waals surface area contributed by atoms with Crippen LogP contribution in [0.5, 0.6) is 0 Å². The number of rotatable bonds is 3. The van der Waals surface area contributed by atoms with E-state index in [1.807, 2.05) is 20.0 Å². The molecule has 2 atom stereocenters. The largest absolute Gasteiger partial charge is 0.465 e. The maximum atomic E-state index is 5.72. The molecule has 1 fully saturated rings. The molecule has 2 unspecified atom stereocenters. The van der Waals surface area contributed by atoms with E-state index in [1.165, 1.54) is 0 Å². The SMILES string of the molecule is CNC(c1ccc(C)o1)C1CNCCN1C. The van der Waals surface area contributed by atoms with Crippen molar-refractivity contribution in [2.24, 2.45) is 0 Å². The molecule has 1 aromatic rings. The van der Waals surface area contributed by atoms with Gasteiger partial charge < -0.3 is 15.1 Å². The summed E-state index contributed by atoms with van der Waals surface area (Å²) in [6.45, 7) is 5.14. The number of piperazine rings is 1. The molecule has 2 heterocycles. The highest BCUT2D eigenvalue weighted by Gasteiger charge is 2.29. The van der Waals surface area contributed by atoms with Crippen LogP contribution < -0.4 is 10.6 Å². The Bertz CT molecular complexity index is 337. The lowest BCUT2D eigenvalue weighted by atomic mass is 10.0. The van der Waals surface area contributed by atoms with Gasteiger partial charge in [-0.1, -0.05) is 0 Å². The topological polar surface area (TPSA) is 40.4 Å². The van der Waals surface area contributed by atoms with Crippen LogP contribution in [0.3, 0.4) is 0 Å². The van der Waals surface area contributed by atoms with E-state index in [1.54, 1.807) is 0 Å². The van der Waals surface area contributed by atoms with Crippen molar-refractivity contribution in [1.82, 2.24) is 15.5 Å². The lowest BCUT2D eigenvalue weighted by molar-refractivity contribution is 0.150. The van der Waals surface area contributed by atoms with Crippen LogP contribution in [-0.4, -0.2) is 44.7 Å². The first-order chi connectivity index (χ1) is 7.72. The second-order valence-electron chi connectivity index (χ2n) is 4.47. The van der Waals surface area contributed by atoms with Gasteiger partial charge in [0.1, 0.15) is 11.5 Å². The zero-order valence-electron chi connectivity index (χ0n) is 10.3. The van der Waals surface area contributed by atoms with Crippen LogP contribution in [0, 0.1) is 6.92 Å². The van der Waals surface area contributed by atoms with E-state index >= 15 is 0 Å². The molecular formula is C12H21N3O. The molecule has 0 radical (unpaired) electrons. The van der Waals surface area contributed by atoms with E-state index in [9.17, 15) is 0 Å². The van der Waals surface area contributed by atoms with Crippen molar-refractivity contribution in [3.05, 3.63) is 23.7 Å². The van der Waals surface area contributed by atoms with Crippen LogP contribution in [0.25, 0.3) is 0 Å². The Morgan fingerprint density at radius 3 is 2.94 bits per heavy atom. The molecule has 1 aliphatic heterocycles. The molecule has 1 saturated heterocycles. The van der Waals surface area contributed by atoms with Crippen molar-refractivity contribution < 1.29 is 4.42 Å². The Kier molecular flexibility index (Phi) is 3.63. The van der Waals surface area contributed by atoms with Crippen LogP contribution >= 0.6 is 0 Å². The summed E-state index contributed by atoms with van der Waals surface area (Å²) in [5, 5.41) is 6.79. The molecule has 2 N–H and O–H groups in total. The number of likely N-dealkylation sites (N-methyl/N-ethyl adjacent to an activating group) is 2. The van der Waals surface area contributed by atoms with Gasteiger partial charge in [0.25, 0.3) is 0 Å². The molecule has 1 aromatic heterocycles. The zero-order chi connectivity index (χ0) is 11.5. The molecule has 4 heteroatoms. The maximum absolute atomic E-state index is 5.72. The molecule has 0 saturated carbocycles. The van der Waals surface area contributed by atoms with Gasteiger partial charge in [0.15, 0.2) is 0 Å². The highest BCUT2D eigenvalue weighted by atomic mass is 16.3. The van der Waals surface area contributed by atoms with E-state index in [0.717, 1.165) is 31.2 Å². The van der Waals surface area contributed by atoms with Gasteiger partial charge in [0.05, 0.1) is 6.04 Å². The van der Waals surface area contributed by atoms with Gasteiger partial charge in [-0.2, -0.15) is 0 Å². The smallest absolute Gasteiger partial charge is 0.122 e. The molecule has 16 heavy (non-hydrogen) atoms. The van der Waals surface area contributed by atoms with Crippen LogP contribution in [0.15, 0.2) is 16.5 Å². The second-order valence-corrected chi connectivity index (χ2v) is 4.47. The summed E-state index contributed by atoms with van der Waals surface area (Å²) in [6, 6.07) is 4.80. The Hall–Kier alpha value is -0.840. The third-order valence-electron chi connectivity index (χ3n) is 3.32. The molecule has 0 aliphatic carbocycles. The van der Waals surface area contributed by atoms with E-state index in [2.05, 4.69) is 28.6 Å². The fourth-order valence-electron chi connectivity index (χ4n) is 2.34. The number of aryl methyl sites for hydroxylation is 1. The van der Waals surface area contributed by atoms with E-state index in [4.69, 9.17) is 4.42 Å². The summed E-state index contributed by atoms with van der Waals surface area (Å²) in [7, 11) is 4.16. The van der Waals surface area contributed by atoms with Gasteiger partial charge in [0.2, 0.25) is 0 Å². The minimum Gasteiger partial charge on any atom is -0.465 e. The lowest BCUT2D eigenvalue weighted by Crippen LogP contribution is -2.54. The maximum Gasteiger partial charge on any atom is 0.122 e. The van der Waals surface area contributed by atoms with E-state index < -0.39 is 0 Å². The predicted octanol–water partition coefficient (Wildman–Crippen LogP) is 0.752. The summed E-state index contributed by atoms with van der Waals surface area (Å²) in [5.74, 6) is 2.00. The molecule has 4 nitrogen and oxygen atoms in total. The second kappa shape index (κ2) is 4.99. The van der Waals surface area contributed by atoms with Crippen molar-refractivity contribution in [3.63, 3.8) is 0 Å². The molecular weight excluding hydrogens is 202 g/mol. The van der Waals surface area contributed by atoms with Gasteiger partial charge in [-0.15, -0.1) is 0 Å². The number of furan rings is 1. The zero-order valence-corrected chi connectivity index (χ0v) is 10.3. The van der Waals surface area contributed by atoms with Crippen molar-refractivity contribution in [2.75, 3.05) is 33.7 Å². The molecule has 90 valence electrons. The van der Waals surface area contributed by atoms with Gasteiger partial charge in [-0.25, -0.2) is 0 Å². The fraction of sp³-hybridized carbons (Fsp3) is 0.667. The van der Waals surface area contributed by atoms with Crippen LogP contribution in [0.1, 0.15) is 17.6 Å². The predicted molar refractivity (Wildman–Crippen MR) is 64.5 cm³/mol. The third-order valence-corrected chi connectivity index (χ3v) is 3.32. The van der Waals surface area contributed by atoms with Crippen LogP contribution in [0.2, 0.25) is 0 Å². The Balaban J connectivity index is 2.14. The Labute approximate surface area is 97.0 Å². The average Bonchev–Trinajstić information content (AvgIpc) is 2.69. The molecule has 2 rings (SSSR count). The summed E-state index contributed by atoms with van der Waals surface area (Å²) >= 11 is 0. The van der Waals surface area contributed by atoms with E-state index in [0.29, 0.717) is 6.04 Å². The standard InChI is InChI=1S/C12H21N3O/c1-9-4-5-11(16-9)12(13-2)10-8-14-6-7-15(10)3/h4-5,10,12-14H,6-8H2,1-3H3. The normalized spacial score (nSPS) is 24.6. The average molecular weight is 223 g/mol. The third kappa shape index (κ3) is 2.29. The lowest BCUT2D eigenvalue weighted by Gasteiger charge is -2.37. The molecule has 0 aromatic carbocycles. The van der Waals surface area contributed by atoms with Crippen LogP contribution in [0.4, 0.5) is 0 Å². The van der Waals surface area contributed by atoms with Crippen LogP contribution in [-0.2, 0) is 0 Å². The Morgan fingerprint density at radius 1 is 1.56 bits per heavy atom. The number of hydrogen-bond donors (Lipinski definition) is 2.